The van der Waals surface area contributed by atoms with E-state index in [1.165, 1.54) is 31.5 Å². The molecule has 2 unspecified atom stereocenters. The van der Waals surface area contributed by atoms with Crippen LogP contribution in [0.1, 0.15) is 37.3 Å². The number of nitrogens with one attached hydrogen (secondary N) is 2. The second-order valence-electron chi connectivity index (χ2n) is 8.39. The number of amides is 2. The summed E-state index contributed by atoms with van der Waals surface area (Å²) >= 11 is 0. The van der Waals surface area contributed by atoms with Gasteiger partial charge in [-0.05, 0) is 81.6 Å². The number of nitrogens with zero attached hydrogens (tertiary/aromatic N) is 3. The lowest BCUT2D eigenvalue weighted by molar-refractivity contribution is 0.204. The molecular weight excluding hydrogens is 374 g/mol. The maximum atomic E-state index is 12.3. The van der Waals surface area contributed by atoms with Crippen LogP contribution in [0, 0.1) is 18.3 Å². The van der Waals surface area contributed by atoms with Crippen LogP contribution in [-0.4, -0.2) is 42.6 Å². The molecule has 0 aliphatic carbocycles. The summed E-state index contributed by atoms with van der Waals surface area (Å²) in [7, 11) is 0. The van der Waals surface area contributed by atoms with Gasteiger partial charge in [0.2, 0.25) is 0 Å². The van der Waals surface area contributed by atoms with Crippen LogP contribution < -0.4 is 15.5 Å². The highest BCUT2D eigenvalue weighted by molar-refractivity contribution is 6.00. The monoisotopic (exact) mass is 403 g/mol. The van der Waals surface area contributed by atoms with Crippen molar-refractivity contribution in [1.82, 2.24) is 4.90 Å². The fourth-order valence-electron chi connectivity index (χ4n) is 4.78. The molecule has 0 aromatic heterocycles. The SMILES string of the molecule is Cc1cc(NC(=O)Nc2cccc(C#N)c2)ccc1N1CCC(N2CCCC2C)C1. The Morgan fingerprint density at radius 1 is 1.10 bits per heavy atom. The zero-order valence-electron chi connectivity index (χ0n) is 17.7. The van der Waals surface area contributed by atoms with Crippen LogP contribution in [0.5, 0.6) is 0 Å². The molecule has 2 amide bonds. The molecule has 2 aliphatic rings. The first kappa shape index (κ1) is 20.2. The van der Waals surface area contributed by atoms with E-state index in [1.807, 2.05) is 12.1 Å². The highest BCUT2D eigenvalue weighted by Crippen LogP contribution is 2.31. The summed E-state index contributed by atoms with van der Waals surface area (Å²) < 4.78 is 0. The van der Waals surface area contributed by atoms with Gasteiger partial charge in [0, 0.05) is 42.2 Å². The molecule has 156 valence electrons. The topological polar surface area (TPSA) is 71.4 Å². The van der Waals surface area contributed by atoms with Crippen molar-refractivity contribution in [2.75, 3.05) is 35.2 Å². The number of rotatable bonds is 4. The first-order chi connectivity index (χ1) is 14.5. The first-order valence-electron chi connectivity index (χ1n) is 10.7. The summed E-state index contributed by atoms with van der Waals surface area (Å²) in [5.74, 6) is 0. The minimum Gasteiger partial charge on any atom is -0.370 e. The van der Waals surface area contributed by atoms with Gasteiger partial charge >= 0.3 is 6.03 Å². The second kappa shape index (κ2) is 8.76. The van der Waals surface area contributed by atoms with Gasteiger partial charge in [-0.3, -0.25) is 4.90 Å². The quantitative estimate of drug-likeness (QED) is 0.784. The maximum absolute atomic E-state index is 12.3. The van der Waals surface area contributed by atoms with E-state index in [0.29, 0.717) is 23.3 Å². The lowest BCUT2D eigenvalue weighted by atomic mass is 10.1. The van der Waals surface area contributed by atoms with Crippen LogP contribution in [0.25, 0.3) is 0 Å². The highest BCUT2D eigenvalue weighted by Gasteiger charge is 2.33. The van der Waals surface area contributed by atoms with Crippen molar-refractivity contribution < 1.29 is 4.79 Å². The Morgan fingerprint density at radius 3 is 2.60 bits per heavy atom. The Morgan fingerprint density at radius 2 is 1.90 bits per heavy atom. The molecule has 2 aliphatic heterocycles. The lowest BCUT2D eigenvalue weighted by Gasteiger charge is -2.29. The Bertz CT molecular complexity index is 966. The number of nitriles is 1. The van der Waals surface area contributed by atoms with Gasteiger partial charge in [0.15, 0.2) is 0 Å². The Balaban J connectivity index is 1.37. The molecule has 2 N–H and O–H groups in total. The molecule has 2 aromatic rings. The summed E-state index contributed by atoms with van der Waals surface area (Å²) in [5.41, 5.74) is 4.28. The number of anilines is 3. The molecule has 0 bridgehead atoms. The van der Waals surface area contributed by atoms with Crippen LogP contribution >= 0.6 is 0 Å². The molecule has 6 nitrogen and oxygen atoms in total. The number of hydrogen-bond acceptors (Lipinski definition) is 4. The van der Waals surface area contributed by atoms with E-state index in [4.69, 9.17) is 5.26 Å². The average molecular weight is 404 g/mol. The number of carbonyl (C=O) groups is 1. The molecule has 6 heteroatoms. The Hall–Kier alpha value is -3.04. The summed E-state index contributed by atoms with van der Waals surface area (Å²) in [6.07, 6.45) is 3.85. The normalized spacial score (nSPS) is 21.4. The van der Waals surface area contributed by atoms with Crippen molar-refractivity contribution >= 4 is 23.1 Å². The van der Waals surface area contributed by atoms with Gasteiger partial charge in [-0.2, -0.15) is 5.26 Å². The van der Waals surface area contributed by atoms with Crippen molar-refractivity contribution in [3.05, 3.63) is 53.6 Å². The molecule has 2 aromatic carbocycles. The molecule has 2 atom stereocenters. The summed E-state index contributed by atoms with van der Waals surface area (Å²) in [4.78, 5) is 17.5. The fraction of sp³-hybridized carbons (Fsp3) is 0.417. The average Bonchev–Trinajstić information content (AvgIpc) is 3.37. The number of urea groups is 1. The third-order valence-electron chi connectivity index (χ3n) is 6.28. The molecule has 0 saturated carbocycles. The predicted molar refractivity (Wildman–Crippen MR) is 121 cm³/mol. The van der Waals surface area contributed by atoms with Crippen molar-refractivity contribution in [3.8, 4) is 6.07 Å². The first-order valence-corrected chi connectivity index (χ1v) is 10.7. The van der Waals surface area contributed by atoms with Gasteiger partial charge in [0.1, 0.15) is 0 Å². The highest BCUT2D eigenvalue weighted by atomic mass is 16.2. The number of aryl methyl sites for hydroxylation is 1. The van der Waals surface area contributed by atoms with Crippen LogP contribution in [0.2, 0.25) is 0 Å². The van der Waals surface area contributed by atoms with E-state index in [0.717, 1.165) is 24.3 Å². The third kappa shape index (κ3) is 4.42. The largest absolute Gasteiger partial charge is 0.370 e. The summed E-state index contributed by atoms with van der Waals surface area (Å²) in [5, 5.41) is 14.6. The van der Waals surface area contributed by atoms with Crippen molar-refractivity contribution in [1.29, 1.82) is 5.26 Å². The number of carbonyl (C=O) groups excluding carboxylic acids is 1. The molecule has 30 heavy (non-hydrogen) atoms. The molecule has 0 spiro atoms. The maximum Gasteiger partial charge on any atom is 0.323 e. The van der Waals surface area contributed by atoms with Crippen molar-refractivity contribution in [2.45, 2.75) is 45.2 Å². The molecule has 2 saturated heterocycles. The Kier molecular flexibility index (Phi) is 5.91. The number of likely N-dealkylation sites (tertiary alicyclic amines) is 1. The van der Waals surface area contributed by atoms with Crippen molar-refractivity contribution in [2.24, 2.45) is 0 Å². The van der Waals surface area contributed by atoms with Crippen LogP contribution in [0.4, 0.5) is 21.9 Å². The Labute approximate surface area is 178 Å². The van der Waals surface area contributed by atoms with Gasteiger partial charge in [0.05, 0.1) is 11.6 Å². The van der Waals surface area contributed by atoms with E-state index in [-0.39, 0.29) is 6.03 Å². The molecule has 4 rings (SSSR count). The number of benzene rings is 2. The van der Waals surface area contributed by atoms with Gasteiger partial charge < -0.3 is 15.5 Å². The minimum atomic E-state index is -0.318. The van der Waals surface area contributed by atoms with Gasteiger partial charge in [0.25, 0.3) is 0 Å². The second-order valence-corrected chi connectivity index (χ2v) is 8.39. The zero-order valence-corrected chi connectivity index (χ0v) is 17.7. The van der Waals surface area contributed by atoms with Gasteiger partial charge in [-0.25, -0.2) is 4.79 Å². The van der Waals surface area contributed by atoms with Gasteiger partial charge in [-0.1, -0.05) is 6.07 Å². The molecule has 2 heterocycles. The van der Waals surface area contributed by atoms with E-state index < -0.39 is 0 Å². The number of hydrogen-bond donors (Lipinski definition) is 2. The van der Waals surface area contributed by atoms with Gasteiger partial charge in [-0.15, -0.1) is 0 Å². The lowest BCUT2D eigenvalue weighted by Crippen LogP contribution is -2.39. The summed E-state index contributed by atoms with van der Waals surface area (Å²) in [6.45, 7) is 7.84. The minimum absolute atomic E-state index is 0.318. The van der Waals surface area contributed by atoms with E-state index in [1.54, 1.807) is 24.3 Å². The van der Waals surface area contributed by atoms with Crippen LogP contribution in [-0.2, 0) is 0 Å². The fourth-order valence-corrected chi connectivity index (χ4v) is 4.78. The van der Waals surface area contributed by atoms with E-state index >= 15 is 0 Å². The zero-order chi connectivity index (χ0) is 21.1. The molecular formula is C24H29N5O. The smallest absolute Gasteiger partial charge is 0.323 e. The standard InChI is InChI=1S/C24H29N5O/c1-17-13-21(27-24(30)26-20-7-3-6-19(14-20)15-25)8-9-23(17)28-12-10-22(16-28)29-11-4-5-18(29)2/h3,6-9,13-14,18,22H,4-5,10-12,16H2,1-2H3,(H2,26,27,30). The predicted octanol–water partition coefficient (Wildman–Crippen LogP) is 4.57. The van der Waals surface area contributed by atoms with Crippen LogP contribution in [0.3, 0.4) is 0 Å². The summed E-state index contributed by atoms with van der Waals surface area (Å²) in [6, 6.07) is 16.1. The molecule has 2 fully saturated rings. The van der Waals surface area contributed by atoms with E-state index in [2.05, 4.69) is 46.4 Å². The van der Waals surface area contributed by atoms with E-state index in [9.17, 15) is 4.79 Å². The van der Waals surface area contributed by atoms with Crippen molar-refractivity contribution in [3.63, 3.8) is 0 Å². The molecule has 0 radical (unpaired) electrons. The third-order valence-corrected chi connectivity index (χ3v) is 6.28. The van der Waals surface area contributed by atoms with Crippen LogP contribution in [0.15, 0.2) is 42.5 Å².